The molecule has 0 bridgehead atoms. The quantitative estimate of drug-likeness (QED) is 0.857. The van der Waals surface area contributed by atoms with E-state index in [0.29, 0.717) is 5.16 Å². The number of thioether (sulfide) groups is 1. The summed E-state index contributed by atoms with van der Waals surface area (Å²) in [5.41, 5.74) is -0.160. The Hall–Kier alpha value is -1.96. The van der Waals surface area contributed by atoms with Gasteiger partial charge in [0.15, 0.2) is 5.16 Å². The molecule has 24 heavy (non-hydrogen) atoms. The Balaban J connectivity index is 1.68. The molecule has 128 valence electrons. The number of nitrogens with one attached hydrogen (secondary N) is 1. The molecule has 1 unspecified atom stereocenters. The second kappa shape index (κ2) is 7.29. The number of amides is 1. The summed E-state index contributed by atoms with van der Waals surface area (Å²) in [6.45, 7) is 2.55. The van der Waals surface area contributed by atoms with Crippen molar-refractivity contribution in [2.24, 2.45) is 0 Å². The fourth-order valence-electron chi connectivity index (χ4n) is 2.58. The van der Waals surface area contributed by atoms with Gasteiger partial charge in [0.05, 0.1) is 10.9 Å². The molecule has 1 aromatic heterocycles. The Labute approximate surface area is 142 Å². The molecule has 2 aromatic rings. The highest BCUT2D eigenvalue weighted by atomic mass is 32.2. The minimum Gasteiger partial charge on any atom is -0.323 e. The van der Waals surface area contributed by atoms with E-state index in [1.807, 2.05) is 4.57 Å². The van der Waals surface area contributed by atoms with Gasteiger partial charge in [-0.05, 0) is 31.9 Å². The third kappa shape index (κ3) is 3.75. The summed E-state index contributed by atoms with van der Waals surface area (Å²) in [5, 5.41) is 11.0. The van der Waals surface area contributed by atoms with Gasteiger partial charge in [-0.3, -0.25) is 4.79 Å². The first-order chi connectivity index (χ1) is 11.5. The zero-order valence-electron chi connectivity index (χ0n) is 13.3. The van der Waals surface area contributed by atoms with Crippen LogP contribution in [0.5, 0.6) is 0 Å². The molecule has 0 spiro atoms. The van der Waals surface area contributed by atoms with E-state index < -0.39 is 22.8 Å². The minimum absolute atomic E-state index is 0.160. The molecule has 1 amide bonds. The molecule has 0 aliphatic carbocycles. The van der Waals surface area contributed by atoms with Crippen molar-refractivity contribution in [2.75, 3.05) is 5.32 Å². The molecule has 0 fully saturated rings. The van der Waals surface area contributed by atoms with Crippen LogP contribution in [0.3, 0.4) is 0 Å². The number of fused-ring (bicyclic) bond motifs is 1. The standard InChI is InChI=1S/C16H18F2N4OS/c1-10(15(23)19-13-9-11(17)6-7-12(13)18)24-16-21-20-14-5-3-2-4-8-22(14)16/h6-7,9-10H,2-5,8H2,1H3,(H,19,23). The SMILES string of the molecule is CC(Sc1nnc2n1CCCCC2)C(=O)Nc1cc(F)ccc1F. The van der Waals surface area contributed by atoms with Gasteiger partial charge in [0.25, 0.3) is 0 Å². The molecular weight excluding hydrogens is 334 g/mol. The predicted molar refractivity (Wildman–Crippen MR) is 87.9 cm³/mol. The number of hydrogen-bond donors (Lipinski definition) is 1. The summed E-state index contributed by atoms with van der Waals surface area (Å²) in [7, 11) is 0. The number of nitrogens with zero attached hydrogens (tertiary/aromatic N) is 3. The largest absolute Gasteiger partial charge is 0.323 e. The van der Waals surface area contributed by atoms with Crippen molar-refractivity contribution in [3.63, 3.8) is 0 Å². The maximum absolute atomic E-state index is 13.6. The van der Waals surface area contributed by atoms with E-state index >= 15 is 0 Å². The van der Waals surface area contributed by atoms with Crippen molar-refractivity contribution >= 4 is 23.4 Å². The number of anilines is 1. The van der Waals surface area contributed by atoms with Crippen LogP contribution in [0.25, 0.3) is 0 Å². The van der Waals surface area contributed by atoms with E-state index in [9.17, 15) is 13.6 Å². The lowest BCUT2D eigenvalue weighted by molar-refractivity contribution is -0.115. The van der Waals surface area contributed by atoms with Crippen LogP contribution in [0.1, 0.15) is 32.0 Å². The van der Waals surface area contributed by atoms with Gasteiger partial charge >= 0.3 is 0 Å². The monoisotopic (exact) mass is 352 g/mol. The number of aryl methyl sites for hydroxylation is 1. The smallest absolute Gasteiger partial charge is 0.237 e. The van der Waals surface area contributed by atoms with Gasteiger partial charge < -0.3 is 9.88 Å². The molecule has 8 heteroatoms. The molecule has 2 heterocycles. The summed E-state index contributed by atoms with van der Waals surface area (Å²) >= 11 is 1.27. The molecule has 5 nitrogen and oxygen atoms in total. The summed E-state index contributed by atoms with van der Waals surface area (Å²) in [6, 6.07) is 2.96. The summed E-state index contributed by atoms with van der Waals surface area (Å²) in [5.74, 6) is -0.734. The van der Waals surface area contributed by atoms with Crippen molar-refractivity contribution in [3.05, 3.63) is 35.7 Å². The van der Waals surface area contributed by atoms with Crippen LogP contribution in [-0.2, 0) is 17.8 Å². The van der Waals surface area contributed by atoms with Crippen LogP contribution in [0.2, 0.25) is 0 Å². The summed E-state index contributed by atoms with van der Waals surface area (Å²) < 4.78 is 28.9. The minimum atomic E-state index is -0.668. The maximum atomic E-state index is 13.6. The van der Waals surface area contributed by atoms with Crippen molar-refractivity contribution < 1.29 is 13.6 Å². The highest BCUT2D eigenvalue weighted by Crippen LogP contribution is 2.26. The van der Waals surface area contributed by atoms with E-state index in [1.54, 1.807) is 6.92 Å². The molecule has 0 saturated carbocycles. The van der Waals surface area contributed by atoms with Crippen LogP contribution in [0.4, 0.5) is 14.5 Å². The van der Waals surface area contributed by atoms with Crippen molar-refractivity contribution in [3.8, 4) is 0 Å². The van der Waals surface area contributed by atoms with Crippen molar-refractivity contribution in [2.45, 2.75) is 49.6 Å². The fourth-order valence-corrected chi connectivity index (χ4v) is 3.48. The van der Waals surface area contributed by atoms with Gasteiger partial charge in [0.2, 0.25) is 5.91 Å². The molecule has 1 aromatic carbocycles. The van der Waals surface area contributed by atoms with Gasteiger partial charge in [-0.25, -0.2) is 8.78 Å². The predicted octanol–water partition coefficient (Wildman–Crippen LogP) is 3.40. The third-order valence-electron chi connectivity index (χ3n) is 3.91. The Kier molecular flexibility index (Phi) is 5.13. The van der Waals surface area contributed by atoms with E-state index in [1.165, 1.54) is 11.8 Å². The number of halogens is 2. The number of benzene rings is 1. The molecule has 1 N–H and O–H groups in total. The van der Waals surface area contributed by atoms with E-state index in [-0.39, 0.29) is 5.69 Å². The lowest BCUT2D eigenvalue weighted by atomic mass is 10.2. The Morgan fingerprint density at radius 1 is 1.29 bits per heavy atom. The second-order valence-corrected chi connectivity index (χ2v) is 7.04. The molecule has 3 rings (SSSR count). The average Bonchev–Trinajstić information content (AvgIpc) is 2.78. The van der Waals surface area contributed by atoms with Crippen molar-refractivity contribution in [1.29, 1.82) is 0 Å². The topological polar surface area (TPSA) is 59.8 Å². The highest BCUT2D eigenvalue weighted by molar-refractivity contribution is 8.00. The lowest BCUT2D eigenvalue weighted by Crippen LogP contribution is -2.23. The number of hydrogen-bond acceptors (Lipinski definition) is 4. The van der Waals surface area contributed by atoms with Gasteiger partial charge in [-0.1, -0.05) is 18.2 Å². The number of carbonyl (C=O) groups excluding carboxylic acids is 1. The van der Waals surface area contributed by atoms with Gasteiger partial charge in [0.1, 0.15) is 17.5 Å². The van der Waals surface area contributed by atoms with Crippen LogP contribution in [0, 0.1) is 11.6 Å². The summed E-state index contributed by atoms with van der Waals surface area (Å²) in [6.07, 6.45) is 4.20. The molecule has 1 aliphatic rings. The highest BCUT2D eigenvalue weighted by Gasteiger charge is 2.22. The average molecular weight is 352 g/mol. The molecule has 0 radical (unpaired) electrons. The Bertz CT molecular complexity index is 750. The first kappa shape index (κ1) is 16.9. The van der Waals surface area contributed by atoms with Gasteiger partial charge in [0, 0.05) is 19.0 Å². The number of carbonyl (C=O) groups is 1. The van der Waals surface area contributed by atoms with Gasteiger partial charge in [-0.15, -0.1) is 10.2 Å². The zero-order chi connectivity index (χ0) is 17.1. The van der Waals surface area contributed by atoms with Crippen LogP contribution < -0.4 is 5.32 Å². The van der Waals surface area contributed by atoms with Crippen molar-refractivity contribution in [1.82, 2.24) is 14.8 Å². The lowest BCUT2D eigenvalue weighted by Gasteiger charge is -2.13. The molecule has 1 aliphatic heterocycles. The normalized spacial score (nSPS) is 15.5. The molecular formula is C16H18F2N4OS. The third-order valence-corrected chi connectivity index (χ3v) is 4.99. The Morgan fingerprint density at radius 3 is 2.96 bits per heavy atom. The first-order valence-electron chi connectivity index (χ1n) is 7.89. The second-order valence-electron chi connectivity index (χ2n) is 5.73. The van der Waals surface area contributed by atoms with Crippen LogP contribution in [-0.4, -0.2) is 25.9 Å². The molecule has 1 atom stereocenters. The van der Waals surface area contributed by atoms with E-state index in [0.717, 1.165) is 56.3 Å². The fraction of sp³-hybridized carbons (Fsp3) is 0.438. The summed E-state index contributed by atoms with van der Waals surface area (Å²) in [4.78, 5) is 12.3. The van der Waals surface area contributed by atoms with E-state index in [4.69, 9.17) is 0 Å². The zero-order valence-corrected chi connectivity index (χ0v) is 14.1. The van der Waals surface area contributed by atoms with Crippen LogP contribution in [0.15, 0.2) is 23.4 Å². The van der Waals surface area contributed by atoms with E-state index in [2.05, 4.69) is 15.5 Å². The maximum Gasteiger partial charge on any atom is 0.237 e. The number of rotatable bonds is 4. The number of aromatic nitrogens is 3. The van der Waals surface area contributed by atoms with Crippen LogP contribution >= 0.6 is 11.8 Å². The van der Waals surface area contributed by atoms with Gasteiger partial charge in [-0.2, -0.15) is 0 Å². The first-order valence-corrected chi connectivity index (χ1v) is 8.77. The Morgan fingerprint density at radius 2 is 2.12 bits per heavy atom. The molecule has 0 saturated heterocycles.